The van der Waals surface area contributed by atoms with Crippen molar-refractivity contribution >= 4 is 35.2 Å². The highest BCUT2D eigenvalue weighted by Crippen LogP contribution is 1.99. The molecule has 0 fully saturated rings. The number of amides is 4. The Balaban J connectivity index is 4.63. The van der Waals surface area contributed by atoms with E-state index in [9.17, 15) is 28.8 Å². The summed E-state index contributed by atoms with van der Waals surface area (Å²) in [6.07, 6.45) is 0.640. The van der Waals surface area contributed by atoms with Gasteiger partial charge in [-0.15, -0.1) is 0 Å². The SMILES string of the molecule is CCNC(=O)[C@H](CC(C)=O)NC(=O)[C@@H](C)NC(=O)[C@H](C)NC(=O)CCCC(C)=O. The highest BCUT2D eigenvalue weighted by molar-refractivity contribution is 5.95. The third kappa shape index (κ3) is 11.6. The van der Waals surface area contributed by atoms with Gasteiger partial charge < -0.3 is 26.1 Å². The van der Waals surface area contributed by atoms with Crippen molar-refractivity contribution in [1.82, 2.24) is 21.3 Å². The van der Waals surface area contributed by atoms with Gasteiger partial charge in [-0.05, 0) is 41.0 Å². The quantitative estimate of drug-likeness (QED) is 0.316. The van der Waals surface area contributed by atoms with Crippen LogP contribution in [-0.2, 0) is 28.8 Å². The molecule has 3 atom stereocenters. The van der Waals surface area contributed by atoms with Crippen molar-refractivity contribution in [2.75, 3.05) is 6.54 Å². The molecule has 0 heterocycles. The molecule has 0 rings (SSSR count). The van der Waals surface area contributed by atoms with E-state index in [1.165, 1.54) is 27.7 Å². The number of carbonyl (C=O) groups is 6. The minimum absolute atomic E-state index is 0.0147. The summed E-state index contributed by atoms with van der Waals surface area (Å²) in [5.74, 6) is -2.34. The van der Waals surface area contributed by atoms with Crippen LogP contribution in [-0.4, -0.2) is 59.9 Å². The van der Waals surface area contributed by atoms with E-state index in [1.807, 2.05) is 0 Å². The Morgan fingerprint density at radius 1 is 0.724 bits per heavy atom. The van der Waals surface area contributed by atoms with E-state index in [-0.39, 0.29) is 36.7 Å². The first-order chi connectivity index (χ1) is 13.5. The lowest BCUT2D eigenvalue weighted by Crippen LogP contribution is -2.55. The van der Waals surface area contributed by atoms with Gasteiger partial charge in [0.15, 0.2) is 0 Å². The van der Waals surface area contributed by atoms with E-state index in [2.05, 4.69) is 21.3 Å². The van der Waals surface area contributed by atoms with Crippen LogP contribution in [0.1, 0.15) is 60.3 Å². The Bertz CT molecular complexity index is 634. The fourth-order valence-electron chi connectivity index (χ4n) is 2.37. The van der Waals surface area contributed by atoms with Gasteiger partial charge in [-0.2, -0.15) is 0 Å². The topological polar surface area (TPSA) is 151 Å². The lowest BCUT2D eigenvalue weighted by atomic mass is 10.1. The zero-order valence-corrected chi connectivity index (χ0v) is 17.7. The minimum Gasteiger partial charge on any atom is -0.355 e. The van der Waals surface area contributed by atoms with E-state index in [4.69, 9.17) is 0 Å². The second kappa shape index (κ2) is 13.4. The molecule has 0 aromatic rings. The standard InChI is InChI=1S/C19H32N4O6/c1-6-20-19(29)15(10-12(3)25)23-18(28)14(5)22-17(27)13(4)21-16(26)9-7-8-11(2)24/h13-15H,6-10H2,1-5H3,(H,20,29)(H,21,26)(H,22,27)(H,23,28)/t13-,14+,15-/m0/s1. The molecule has 0 aliphatic heterocycles. The fraction of sp³-hybridized carbons (Fsp3) is 0.684. The molecule has 10 nitrogen and oxygen atoms in total. The predicted molar refractivity (Wildman–Crippen MR) is 106 cm³/mol. The van der Waals surface area contributed by atoms with Gasteiger partial charge in [-0.25, -0.2) is 0 Å². The van der Waals surface area contributed by atoms with Gasteiger partial charge in [0.2, 0.25) is 23.6 Å². The van der Waals surface area contributed by atoms with Crippen LogP contribution in [0.5, 0.6) is 0 Å². The maximum atomic E-state index is 12.3. The highest BCUT2D eigenvalue weighted by atomic mass is 16.2. The molecule has 0 aliphatic rings. The number of carbonyl (C=O) groups excluding carboxylic acids is 6. The van der Waals surface area contributed by atoms with Crippen molar-refractivity contribution in [3.8, 4) is 0 Å². The van der Waals surface area contributed by atoms with Crippen LogP contribution < -0.4 is 21.3 Å². The maximum absolute atomic E-state index is 12.3. The number of likely N-dealkylation sites (N-methyl/N-ethyl adjacent to an activating group) is 1. The predicted octanol–water partition coefficient (Wildman–Crippen LogP) is -0.645. The second-order valence-electron chi connectivity index (χ2n) is 6.94. The summed E-state index contributed by atoms with van der Waals surface area (Å²) in [6, 6.07) is -2.90. The van der Waals surface area contributed by atoms with Crippen LogP contribution in [0.4, 0.5) is 0 Å². The summed E-state index contributed by atoms with van der Waals surface area (Å²) in [7, 11) is 0. The Morgan fingerprint density at radius 3 is 1.79 bits per heavy atom. The van der Waals surface area contributed by atoms with Crippen molar-refractivity contribution < 1.29 is 28.8 Å². The summed E-state index contributed by atoms with van der Waals surface area (Å²) >= 11 is 0. The number of Topliss-reactive ketones (excluding diaryl/α,β-unsaturated/α-hetero) is 2. The van der Waals surface area contributed by atoms with E-state index in [0.29, 0.717) is 13.0 Å². The zero-order valence-electron chi connectivity index (χ0n) is 17.7. The fourth-order valence-corrected chi connectivity index (χ4v) is 2.37. The van der Waals surface area contributed by atoms with E-state index < -0.39 is 35.8 Å². The van der Waals surface area contributed by atoms with Crippen LogP contribution in [0.15, 0.2) is 0 Å². The Labute approximate surface area is 170 Å². The molecule has 4 amide bonds. The van der Waals surface area contributed by atoms with Crippen LogP contribution in [0.2, 0.25) is 0 Å². The third-order valence-electron chi connectivity index (χ3n) is 3.93. The molecule has 0 saturated heterocycles. The number of hydrogen-bond donors (Lipinski definition) is 4. The smallest absolute Gasteiger partial charge is 0.243 e. The molecule has 4 N–H and O–H groups in total. The first-order valence-electron chi connectivity index (χ1n) is 9.64. The molecule has 29 heavy (non-hydrogen) atoms. The summed E-state index contributed by atoms with van der Waals surface area (Å²) in [5, 5.41) is 9.94. The van der Waals surface area contributed by atoms with Gasteiger partial charge in [0, 0.05) is 25.8 Å². The van der Waals surface area contributed by atoms with Crippen molar-refractivity contribution in [3.63, 3.8) is 0 Å². The molecule has 0 aromatic carbocycles. The molecule has 0 radical (unpaired) electrons. The van der Waals surface area contributed by atoms with E-state index in [1.54, 1.807) is 6.92 Å². The molecule has 0 saturated carbocycles. The monoisotopic (exact) mass is 412 g/mol. The van der Waals surface area contributed by atoms with Crippen molar-refractivity contribution in [2.45, 2.75) is 78.4 Å². The maximum Gasteiger partial charge on any atom is 0.243 e. The number of rotatable bonds is 13. The molecular formula is C19H32N4O6. The highest BCUT2D eigenvalue weighted by Gasteiger charge is 2.26. The molecule has 164 valence electrons. The number of hydrogen-bond acceptors (Lipinski definition) is 6. The number of nitrogens with one attached hydrogen (secondary N) is 4. The van der Waals surface area contributed by atoms with E-state index >= 15 is 0 Å². The van der Waals surface area contributed by atoms with Crippen molar-refractivity contribution in [1.29, 1.82) is 0 Å². The normalized spacial score (nSPS) is 13.4. The first-order valence-corrected chi connectivity index (χ1v) is 9.64. The van der Waals surface area contributed by atoms with Crippen molar-refractivity contribution in [3.05, 3.63) is 0 Å². The largest absolute Gasteiger partial charge is 0.355 e. The van der Waals surface area contributed by atoms with Gasteiger partial charge in [0.05, 0.1) is 0 Å². The van der Waals surface area contributed by atoms with Gasteiger partial charge >= 0.3 is 0 Å². The molecular weight excluding hydrogens is 380 g/mol. The molecule has 0 spiro atoms. The Morgan fingerprint density at radius 2 is 1.28 bits per heavy atom. The summed E-state index contributed by atoms with van der Waals surface area (Å²) < 4.78 is 0. The molecule has 10 heteroatoms. The number of ketones is 2. The third-order valence-corrected chi connectivity index (χ3v) is 3.93. The zero-order chi connectivity index (χ0) is 22.6. The Hall–Kier alpha value is -2.78. The average molecular weight is 412 g/mol. The van der Waals surface area contributed by atoms with Crippen LogP contribution >= 0.6 is 0 Å². The van der Waals surface area contributed by atoms with Gasteiger partial charge in [-0.3, -0.25) is 24.0 Å². The lowest BCUT2D eigenvalue weighted by Gasteiger charge is -2.21. The van der Waals surface area contributed by atoms with Gasteiger partial charge in [-0.1, -0.05) is 0 Å². The lowest BCUT2D eigenvalue weighted by molar-refractivity contribution is -0.134. The molecule has 0 aliphatic carbocycles. The van der Waals surface area contributed by atoms with Gasteiger partial charge in [0.25, 0.3) is 0 Å². The van der Waals surface area contributed by atoms with Crippen LogP contribution in [0, 0.1) is 0 Å². The van der Waals surface area contributed by atoms with Gasteiger partial charge in [0.1, 0.15) is 29.7 Å². The summed E-state index contributed by atoms with van der Waals surface area (Å²) in [5.41, 5.74) is 0. The van der Waals surface area contributed by atoms with Crippen LogP contribution in [0.25, 0.3) is 0 Å². The molecule has 0 bridgehead atoms. The summed E-state index contributed by atoms with van der Waals surface area (Å²) in [4.78, 5) is 70.5. The molecule has 0 aromatic heterocycles. The minimum atomic E-state index is -1.03. The second-order valence-corrected chi connectivity index (χ2v) is 6.94. The average Bonchev–Trinajstić information content (AvgIpc) is 2.60. The summed E-state index contributed by atoms with van der Waals surface area (Å²) in [6.45, 7) is 7.70. The first kappa shape index (κ1) is 26.2. The van der Waals surface area contributed by atoms with E-state index in [0.717, 1.165) is 0 Å². The molecule has 0 unspecified atom stereocenters. The van der Waals surface area contributed by atoms with Crippen molar-refractivity contribution in [2.24, 2.45) is 0 Å². The van der Waals surface area contributed by atoms with Crippen LogP contribution in [0.3, 0.4) is 0 Å². The Kier molecular flexibility index (Phi) is 12.1.